The van der Waals surface area contributed by atoms with Gasteiger partial charge in [0.25, 0.3) is 0 Å². The van der Waals surface area contributed by atoms with Crippen LogP contribution in [0.5, 0.6) is 5.75 Å². The third-order valence-corrected chi connectivity index (χ3v) is 6.74. The first-order chi connectivity index (χ1) is 15.4. The molecule has 0 radical (unpaired) electrons. The molecule has 1 unspecified atom stereocenters. The van der Waals surface area contributed by atoms with Crippen LogP contribution in [0.15, 0.2) is 42.9 Å². The summed E-state index contributed by atoms with van der Waals surface area (Å²) in [7, 11) is 0. The fraction of sp³-hybridized carbons (Fsp3) is 0.435. The monoisotopic (exact) mass is 444 g/mol. The van der Waals surface area contributed by atoms with E-state index >= 15 is 0 Å². The quantitative estimate of drug-likeness (QED) is 0.555. The van der Waals surface area contributed by atoms with Crippen LogP contribution in [0, 0.1) is 29.5 Å². The number of hydrogen-bond acceptors (Lipinski definition) is 4. The average molecular weight is 444 g/mol. The van der Waals surface area contributed by atoms with Gasteiger partial charge in [-0.05, 0) is 61.3 Å². The van der Waals surface area contributed by atoms with E-state index in [-0.39, 0.29) is 35.4 Å². The molecule has 168 valence electrons. The predicted molar refractivity (Wildman–Crippen MR) is 112 cm³/mol. The van der Waals surface area contributed by atoms with E-state index < -0.39 is 6.55 Å². The number of ether oxygens (including phenoxy) is 1. The molecular weight excluding hydrogens is 421 g/mol. The summed E-state index contributed by atoms with van der Waals surface area (Å²) < 4.78 is 45.8. The molecule has 0 saturated heterocycles. The van der Waals surface area contributed by atoms with E-state index in [1.807, 2.05) is 6.92 Å². The molecule has 2 aliphatic rings. The molecule has 2 fully saturated rings. The van der Waals surface area contributed by atoms with Gasteiger partial charge in [-0.25, -0.2) is 9.07 Å². The number of halogens is 3. The molecule has 1 aromatic carbocycles. The van der Waals surface area contributed by atoms with Gasteiger partial charge >= 0.3 is 6.55 Å². The first kappa shape index (κ1) is 20.8. The summed E-state index contributed by atoms with van der Waals surface area (Å²) in [5.41, 5.74) is 0.959. The highest BCUT2D eigenvalue weighted by molar-refractivity contribution is 5.92. The fourth-order valence-corrected chi connectivity index (χ4v) is 5.29. The van der Waals surface area contributed by atoms with E-state index in [1.54, 1.807) is 18.3 Å². The maximum absolute atomic E-state index is 13.7. The lowest BCUT2D eigenvalue weighted by molar-refractivity contribution is -0.121. The molecule has 0 spiro atoms. The molecule has 2 aromatic heterocycles. The fourth-order valence-electron chi connectivity index (χ4n) is 5.29. The van der Waals surface area contributed by atoms with Crippen LogP contribution in [0.3, 0.4) is 0 Å². The smallest absolute Gasteiger partial charge is 0.333 e. The topological polar surface area (TPSA) is 69.0 Å². The molecule has 2 saturated carbocycles. The van der Waals surface area contributed by atoms with Gasteiger partial charge in [-0.15, -0.1) is 0 Å². The number of nitrogens with one attached hydrogen (secondary N) is 1. The Hall–Kier alpha value is -3.10. The molecule has 5 rings (SSSR count). The van der Waals surface area contributed by atoms with E-state index in [9.17, 15) is 18.0 Å². The van der Waals surface area contributed by atoms with Crippen LogP contribution < -0.4 is 10.1 Å². The summed E-state index contributed by atoms with van der Waals surface area (Å²) in [5.74, 6) is 0.995. The zero-order chi connectivity index (χ0) is 22.4. The van der Waals surface area contributed by atoms with Crippen molar-refractivity contribution in [1.29, 1.82) is 0 Å². The van der Waals surface area contributed by atoms with Gasteiger partial charge in [-0.3, -0.25) is 9.78 Å². The van der Waals surface area contributed by atoms with Gasteiger partial charge in [0.15, 0.2) is 0 Å². The van der Waals surface area contributed by atoms with E-state index in [0.717, 1.165) is 19.0 Å². The number of aromatic nitrogens is 3. The van der Waals surface area contributed by atoms with E-state index in [4.69, 9.17) is 4.74 Å². The molecule has 32 heavy (non-hydrogen) atoms. The molecule has 9 heteroatoms. The van der Waals surface area contributed by atoms with Gasteiger partial charge in [0.1, 0.15) is 11.6 Å². The number of anilines is 1. The second-order valence-electron chi connectivity index (χ2n) is 8.58. The molecule has 0 aliphatic heterocycles. The summed E-state index contributed by atoms with van der Waals surface area (Å²) in [5, 5.41) is 6.93. The highest BCUT2D eigenvalue weighted by Gasteiger charge is 2.60. The lowest BCUT2D eigenvalue weighted by Gasteiger charge is -2.21. The van der Waals surface area contributed by atoms with Crippen LogP contribution in [0.4, 0.5) is 18.9 Å². The van der Waals surface area contributed by atoms with Gasteiger partial charge in [-0.2, -0.15) is 13.9 Å². The minimum absolute atomic E-state index is 0.0139. The van der Waals surface area contributed by atoms with Crippen molar-refractivity contribution in [2.24, 2.45) is 23.7 Å². The molecule has 3 aromatic rings. The number of benzene rings is 1. The number of amides is 1. The zero-order valence-corrected chi connectivity index (χ0v) is 17.4. The summed E-state index contributed by atoms with van der Waals surface area (Å²) in [6.45, 7) is -0.775. The van der Waals surface area contributed by atoms with Crippen molar-refractivity contribution in [3.05, 3.63) is 48.7 Å². The molecule has 2 aliphatic carbocycles. The SMILES string of the molecule is CCC(C(=O)Nc1cnn(C(F)F)c1)[C@H]1[C@@H]2C[C@H](Oc3ccnc4ccc(F)cc34)C[C@@H]21. The van der Waals surface area contributed by atoms with Crippen molar-refractivity contribution >= 4 is 22.5 Å². The number of alkyl halides is 2. The Balaban J connectivity index is 1.21. The van der Waals surface area contributed by atoms with Crippen LogP contribution in [0.2, 0.25) is 0 Å². The molecular formula is C23H23F3N4O2. The largest absolute Gasteiger partial charge is 0.490 e. The molecule has 6 nitrogen and oxygen atoms in total. The first-order valence-corrected chi connectivity index (χ1v) is 10.8. The second kappa shape index (κ2) is 8.11. The summed E-state index contributed by atoms with van der Waals surface area (Å²) in [6, 6.07) is 6.20. The maximum Gasteiger partial charge on any atom is 0.333 e. The summed E-state index contributed by atoms with van der Waals surface area (Å²) in [4.78, 5) is 17.0. The Kier molecular flexibility index (Phi) is 5.27. The van der Waals surface area contributed by atoms with Gasteiger partial charge in [0.2, 0.25) is 5.91 Å². The van der Waals surface area contributed by atoms with Gasteiger partial charge < -0.3 is 10.1 Å². The number of carbonyl (C=O) groups is 1. The van der Waals surface area contributed by atoms with Gasteiger partial charge in [-0.1, -0.05) is 6.92 Å². The Bertz CT molecular complexity index is 1140. The highest BCUT2D eigenvalue weighted by atomic mass is 19.3. The van der Waals surface area contributed by atoms with Crippen LogP contribution in [-0.4, -0.2) is 26.8 Å². The van der Waals surface area contributed by atoms with Crippen molar-refractivity contribution in [3.63, 3.8) is 0 Å². The lowest BCUT2D eigenvalue weighted by Crippen LogP contribution is -2.27. The third-order valence-electron chi connectivity index (χ3n) is 6.74. The Morgan fingerprint density at radius 1 is 1.28 bits per heavy atom. The van der Waals surface area contributed by atoms with Crippen molar-refractivity contribution in [1.82, 2.24) is 14.8 Å². The Labute approximate surface area is 182 Å². The summed E-state index contributed by atoms with van der Waals surface area (Å²) in [6.07, 6.45) is 6.38. The van der Waals surface area contributed by atoms with Crippen LogP contribution >= 0.6 is 0 Å². The Morgan fingerprint density at radius 2 is 2.06 bits per heavy atom. The molecule has 5 atom stereocenters. The lowest BCUT2D eigenvalue weighted by atomic mass is 9.93. The zero-order valence-electron chi connectivity index (χ0n) is 17.4. The molecule has 1 N–H and O–H groups in total. The minimum Gasteiger partial charge on any atom is -0.490 e. The number of hydrogen-bond donors (Lipinski definition) is 1. The van der Waals surface area contributed by atoms with Gasteiger partial charge in [0.05, 0.1) is 29.7 Å². The van der Waals surface area contributed by atoms with Crippen molar-refractivity contribution in [3.8, 4) is 5.75 Å². The van der Waals surface area contributed by atoms with Crippen LogP contribution in [-0.2, 0) is 4.79 Å². The van der Waals surface area contributed by atoms with Crippen LogP contribution in [0.1, 0.15) is 32.7 Å². The predicted octanol–water partition coefficient (Wildman–Crippen LogP) is 5.03. The number of fused-ring (bicyclic) bond motifs is 2. The molecule has 1 amide bonds. The Morgan fingerprint density at radius 3 is 2.75 bits per heavy atom. The number of carbonyl (C=O) groups excluding carboxylic acids is 1. The van der Waals surface area contributed by atoms with E-state index in [0.29, 0.717) is 39.6 Å². The number of pyridine rings is 1. The molecule has 2 heterocycles. The molecule has 0 bridgehead atoms. The number of rotatable bonds is 7. The van der Waals surface area contributed by atoms with Crippen molar-refractivity contribution in [2.45, 2.75) is 38.8 Å². The average Bonchev–Trinajstić information content (AvgIpc) is 3.11. The van der Waals surface area contributed by atoms with E-state index in [1.165, 1.54) is 18.3 Å². The standard InChI is InChI=1S/C23H23F3N4O2/c1-2-15(22(31)29-13-10-28-30(11-13)23(25)26)21-16-8-14(9-17(16)21)32-20-5-6-27-19-4-3-12(24)7-18(19)20/h3-7,10-11,14-17,21,23H,2,8-9H2,1H3,(H,29,31)/t14-,15?,16+,17-,21-. The minimum atomic E-state index is -2.74. The maximum atomic E-state index is 13.7. The van der Waals surface area contributed by atoms with Crippen LogP contribution in [0.25, 0.3) is 10.9 Å². The first-order valence-electron chi connectivity index (χ1n) is 10.8. The number of nitrogens with zero attached hydrogens (tertiary/aromatic N) is 3. The van der Waals surface area contributed by atoms with Crippen molar-refractivity contribution < 1.29 is 22.7 Å². The second-order valence-corrected chi connectivity index (χ2v) is 8.58. The third kappa shape index (κ3) is 3.80. The van der Waals surface area contributed by atoms with E-state index in [2.05, 4.69) is 15.4 Å². The highest BCUT2D eigenvalue weighted by Crippen LogP contribution is 2.62. The van der Waals surface area contributed by atoms with Gasteiger partial charge in [0, 0.05) is 17.5 Å². The normalized spacial score (nSPS) is 25.0. The summed E-state index contributed by atoms with van der Waals surface area (Å²) >= 11 is 0. The van der Waals surface area contributed by atoms with Crippen molar-refractivity contribution in [2.75, 3.05) is 5.32 Å².